The molecule has 0 aromatic heterocycles. The van der Waals surface area contributed by atoms with Gasteiger partial charge in [0.25, 0.3) is 0 Å². The molecule has 0 saturated carbocycles. The van der Waals surface area contributed by atoms with Crippen LogP contribution >= 0.6 is 0 Å². The van der Waals surface area contributed by atoms with Gasteiger partial charge in [-0.3, -0.25) is 4.90 Å². The molecule has 4 atom stereocenters. The second-order valence-corrected chi connectivity index (χ2v) is 4.09. The molecule has 0 unspecified atom stereocenters. The van der Waals surface area contributed by atoms with Crippen LogP contribution in [0.1, 0.15) is 12.8 Å². The Morgan fingerprint density at radius 2 is 1.69 bits per heavy atom. The third-order valence-electron chi connectivity index (χ3n) is 3.38. The molecule has 2 fully saturated rings. The summed E-state index contributed by atoms with van der Waals surface area (Å²) in [7, 11) is 0. The van der Waals surface area contributed by atoms with Crippen LogP contribution in [-0.4, -0.2) is 58.2 Å². The Labute approximate surface area is 77.8 Å². The number of rotatable bonds is 1. The summed E-state index contributed by atoms with van der Waals surface area (Å²) in [6.45, 7) is 1.72. The summed E-state index contributed by atoms with van der Waals surface area (Å²) in [5, 5.41) is 28.4. The Kier molecular flexibility index (Phi) is 2.55. The van der Waals surface area contributed by atoms with E-state index >= 15 is 0 Å². The van der Waals surface area contributed by atoms with Crippen LogP contribution in [0.5, 0.6) is 0 Å². The largest absolute Gasteiger partial charge is 0.396 e. The summed E-state index contributed by atoms with van der Waals surface area (Å²) in [4.78, 5) is 2.18. The summed E-state index contributed by atoms with van der Waals surface area (Å²) in [5.74, 6) is -0.161. The summed E-state index contributed by atoms with van der Waals surface area (Å²) in [6, 6.07) is -0.0197. The van der Waals surface area contributed by atoms with Gasteiger partial charge in [-0.1, -0.05) is 0 Å². The molecule has 0 spiro atoms. The van der Waals surface area contributed by atoms with Crippen molar-refractivity contribution >= 4 is 0 Å². The zero-order valence-corrected chi connectivity index (χ0v) is 7.63. The SMILES string of the molecule is OC[C@@H]1[C@@H]2[C@@H](O)CCN2CC[C@@H]1O. The van der Waals surface area contributed by atoms with Crippen molar-refractivity contribution in [2.75, 3.05) is 19.7 Å². The van der Waals surface area contributed by atoms with E-state index in [-0.39, 0.29) is 24.7 Å². The molecule has 0 bridgehead atoms. The normalized spacial score (nSPS) is 46.4. The van der Waals surface area contributed by atoms with E-state index in [4.69, 9.17) is 5.11 Å². The highest BCUT2D eigenvalue weighted by atomic mass is 16.3. The first-order valence-corrected chi connectivity index (χ1v) is 4.95. The van der Waals surface area contributed by atoms with Gasteiger partial charge in [-0.2, -0.15) is 0 Å². The van der Waals surface area contributed by atoms with Crippen LogP contribution in [-0.2, 0) is 0 Å². The molecule has 3 N–H and O–H groups in total. The molecule has 13 heavy (non-hydrogen) atoms. The van der Waals surface area contributed by atoms with Crippen molar-refractivity contribution in [3.63, 3.8) is 0 Å². The average Bonchev–Trinajstić information content (AvgIpc) is 2.49. The molecule has 4 heteroatoms. The van der Waals surface area contributed by atoms with E-state index in [1.165, 1.54) is 0 Å². The fraction of sp³-hybridized carbons (Fsp3) is 1.00. The molecule has 0 amide bonds. The van der Waals surface area contributed by atoms with Crippen LogP contribution in [0.4, 0.5) is 0 Å². The highest BCUT2D eigenvalue weighted by Crippen LogP contribution is 2.31. The van der Waals surface area contributed by atoms with Crippen molar-refractivity contribution in [2.24, 2.45) is 5.92 Å². The topological polar surface area (TPSA) is 63.9 Å². The van der Waals surface area contributed by atoms with Crippen molar-refractivity contribution in [3.8, 4) is 0 Å². The van der Waals surface area contributed by atoms with Crippen LogP contribution in [0, 0.1) is 5.92 Å². The highest BCUT2D eigenvalue weighted by molar-refractivity contribution is 4.97. The van der Waals surface area contributed by atoms with Crippen LogP contribution in [0.3, 0.4) is 0 Å². The maximum absolute atomic E-state index is 9.68. The van der Waals surface area contributed by atoms with E-state index in [0.29, 0.717) is 6.42 Å². The number of nitrogens with zero attached hydrogens (tertiary/aromatic N) is 1. The molecule has 0 radical (unpaired) electrons. The number of fused-ring (bicyclic) bond motifs is 1. The standard InChI is InChI=1S/C9H17NO3/c11-5-6-7(12)1-3-10-4-2-8(13)9(6)10/h6-9,11-13H,1-5H2/t6-,7-,8-,9+/m0/s1. The van der Waals surface area contributed by atoms with Gasteiger partial charge in [-0.15, -0.1) is 0 Å². The quantitative estimate of drug-likeness (QED) is 0.482. The molecule has 76 valence electrons. The first-order chi connectivity index (χ1) is 6.24. The lowest BCUT2D eigenvalue weighted by atomic mass is 9.86. The molecule has 0 aliphatic carbocycles. The number of hydrogen-bond donors (Lipinski definition) is 3. The van der Waals surface area contributed by atoms with Gasteiger partial charge in [0, 0.05) is 31.7 Å². The summed E-state index contributed by atoms with van der Waals surface area (Å²) in [6.07, 6.45) is 0.675. The van der Waals surface area contributed by atoms with Crippen molar-refractivity contribution in [3.05, 3.63) is 0 Å². The number of hydrogen-bond acceptors (Lipinski definition) is 4. The summed E-state index contributed by atoms with van der Waals surface area (Å²) in [5.41, 5.74) is 0. The predicted molar refractivity (Wildman–Crippen MR) is 47.2 cm³/mol. The molecule has 2 rings (SSSR count). The predicted octanol–water partition coefficient (Wildman–Crippen LogP) is -1.21. The van der Waals surface area contributed by atoms with E-state index < -0.39 is 6.10 Å². The van der Waals surface area contributed by atoms with Gasteiger partial charge in [-0.05, 0) is 12.8 Å². The molecule has 0 aromatic carbocycles. The van der Waals surface area contributed by atoms with Crippen molar-refractivity contribution in [1.82, 2.24) is 4.90 Å². The zero-order chi connectivity index (χ0) is 9.42. The van der Waals surface area contributed by atoms with Crippen molar-refractivity contribution in [2.45, 2.75) is 31.1 Å². The lowest BCUT2D eigenvalue weighted by molar-refractivity contribution is -0.0520. The van der Waals surface area contributed by atoms with Crippen LogP contribution in [0.25, 0.3) is 0 Å². The molecule has 2 saturated heterocycles. The third kappa shape index (κ3) is 1.48. The molecular weight excluding hydrogens is 170 g/mol. The Hall–Kier alpha value is -0.160. The maximum Gasteiger partial charge on any atom is 0.0712 e. The summed E-state index contributed by atoms with van der Waals surface area (Å²) >= 11 is 0. The molecule has 0 aromatic rings. The van der Waals surface area contributed by atoms with Crippen LogP contribution in [0.15, 0.2) is 0 Å². The zero-order valence-electron chi connectivity index (χ0n) is 7.63. The summed E-state index contributed by atoms with van der Waals surface area (Å²) < 4.78 is 0. The second-order valence-electron chi connectivity index (χ2n) is 4.09. The van der Waals surface area contributed by atoms with Crippen molar-refractivity contribution in [1.29, 1.82) is 0 Å². The van der Waals surface area contributed by atoms with Gasteiger partial charge in [0.1, 0.15) is 0 Å². The van der Waals surface area contributed by atoms with E-state index in [0.717, 1.165) is 19.5 Å². The molecule has 2 aliphatic rings. The van der Waals surface area contributed by atoms with Gasteiger partial charge >= 0.3 is 0 Å². The Morgan fingerprint density at radius 3 is 2.31 bits per heavy atom. The minimum atomic E-state index is -0.445. The van der Waals surface area contributed by atoms with Gasteiger partial charge in [0.15, 0.2) is 0 Å². The lowest BCUT2D eigenvalue weighted by Crippen LogP contribution is -2.52. The van der Waals surface area contributed by atoms with Crippen molar-refractivity contribution < 1.29 is 15.3 Å². The molecular formula is C9H17NO3. The van der Waals surface area contributed by atoms with Crippen LogP contribution < -0.4 is 0 Å². The smallest absolute Gasteiger partial charge is 0.0712 e. The lowest BCUT2D eigenvalue weighted by Gasteiger charge is -2.40. The van der Waals surface area contributed by atoms with Gasteiger partial charge in [-0.25, -0.2) is 0 Å². The Morgan fingerprint density at radius 1 is 1.08 bits per heavy atom. The molecule has 2 heterocycles. The molecule has 4 nitrogen and oxygen atoms in total. The minimum Gasteiger partial charge on any atom is -0.396 e. The molecule has 2 aliphatic heterocycles. The minimum absolute atomic E-state index is 0.0197. The highest BCUT2D eigenvalue weighted by Gasteiger charge is 2.44. The van der Waals surface area contributed by atoms with Gasteiger partial charge < -0.3 is 15.3 Å². The first kappa shape index (κ1) is 9.40. The Balaban J connectivity index is 2.12. The van der Waals surface area contributed by atoms with Crippen LogP contribution in [0.2, 0.25) is 0 Å². The number of piperidine rings is 1. The number of aliphatic hydroxyl groups excluding tert-OH is 3. The third-order valence-corrected chi connectivity index (χ3v) is 3.38. The first-order valence-electron chi connectivity index (χ1n) is 4.95. The fourth-order valence-corrected chi connectivity index (χ4v) is 2.65. The van der Waals surface area contributed by atoms with E-state index in [9.17, 15) is 10.2 Å². The maximum atomic E-state index is 9.68. The van der Waals surface area contributed by atoms with Gasteiger partial charge in [0.05, 0.1) is 12.2 Å². The number of aliphatic hydroxyl groups is 3. The van der Waals surface area contributed by atoms with Gasteiger partial charge in [0.2, 0.25) is 0 Å². The average molecular weight is 187 g/mol. The van der Waals surface area contributed by atoms with E-state index in [1.807, 2.05) is 0 Å². The monoisotopic (exact) mass is 187 g/mol. The Bertz CT molecular complexity index is 188. The second kappa shape index (κ2) is 3.53. The van der Waals surface area contributed by atoms with E-state index in [1.54, 1.807) is 0 Å². The van der Waals surface area contributed by atoms with E-state index in [2.05, 4.69) is 4.90 Å². The fourth-order valence-electron chi connectivity index (χ4n) is 2.65.